The van der Waals surface area contributed by atoms with Gasteiger partial charge in [0.2, 0.25) is 5.95 Å². The van der Waals surface area contributed by atoms with Gasteiger partial charge in [0.25, 0.3) is 0 Å². The fourth-order valence-electron chi connectivity index (χ4n) is 0.942. The van der Waals surface area contributed by atoms with Crippen molar-refractivity contribution < 1.29 is 0 Å². The molecule has 1 heterocycles. The Kier molecular flexibility index (Phi) is 2.41. The van der Waals surface area contributed by atoms with Crippen LogP contribution < -0.4 is 5.73 Å². The van der Waals surface area contributed by atoms with E-state index in [9.17, 15) is 0 Å². The minimum absolute atomic E-state index is 0.345. The summed E-state index contributed by atoms with van der Waals surface area (Å²) in [5, 5.41) is 0. The summed E-state index contributed by atoms with van der Waals surface area (Å²) in [6.07, 6.45) is 4.57. The highest BCUT2D eigenvalue weighted by molar-refractivity contribution is 5.17. The molecular formula is C8H13N3. The first kappa shape index (κ1) is 7.98. The molecule has 1 aromatic heterocycles. The van der Waals surface area contributed by atoms with Gasteiger partial charge in [-0.15, -0.1) is 0 Å². The molecule has 1 aromatic rings. The van der Waals surface area contributed by atoms with E-state index in [0.29, 0.717) is 11.9 Å². The summed E-state index contributed by atoms with van der Waals surface area (Å²) in [5.74, 6) is 0.986. The fraction of sp³-hybridized carbons (Fsp3) is 0.500. The van der Waals surface area contributed by atoms with Crippen LogP contribution in [0.4, 0.5) is 5.95 Å². The highest BCUT2D eigenvalue weighted by atomic mass is 15.0. The molecule has 0 aromatic carbocycles. The number of nitrogen functional groups attached to an aromatic ring is 1. The Morgan fingerprint density at radius 1 is 1.36 bits per heavy atom. The Morgan fingerprint density at radius 2 is 1.91 bits per heavy atom. The van der Waals surface area contributed by atoms with E-state index < -0.39 is 0 Å². The van der Waals surface area contributed by atoms with Gasteiger partial charge in [0, 0.05) is 12.4 Å². The SMILES string of the molecule is CC(C)Cc1cnc(N)nc1. The third kappa shape index (κ3) is 2.53. The molecule has 0 aliphatic rings. The topological polar surface area (TPSA) is 51.8 Å². The van der Waals surface area contributed by atoms with Gasteiger partial charge in [0.15, 0.2) is 0 Å². The lowest BCUT2D eigenvalue weighted by molar-refractivity contribution is 0.644. The number of hydrogen-bond acceptors (Lipinski definition) is 3. The van der Waals surface area contributed by atoms with E-state index in [1.807, 2.05) is 0 Å². The molecule has 0 amide bonds. The summed E-state index contributed by atoms with van der Waals surface area (Å²) >= 11 is 0. The van der Waals surface area contributed by atoms with Crippen molar-refractivity contribution in [1.82, 2.24) is 9.97 Å². The molecule has 0 fully saturated rings. The Bertz CT molecular complexity index is 215. The number of nitrogens with two attached hydrogens (primary N) is 1. The molecule has 2 N–H and O–H groups in total. The molecule has 0 aliphatic heterocycles. The molecule has 0 spiro atoms. The van der Waals surface area contributed by atoms with Crippen molar-refractivity contribution in [2.75, 3.05) is 5.73 Å². The summed E-state index contributed by atoms with van der Waals surface area (Å²) in [6.45, 7) is 4.33. The molecule has 0 atom stereocenters. The summed E-state index contributed by atoms with van der Waals surface area (Å²) in [4.78, 5) is 7.80. The summed E-state index contributed by atoms with van der Waals surface area (Å²) in [5.41, 5.74) is 6.48. The van der Waals surface area contributed by atoms with Gasteiger partial charge < -0.3 is 5.73 Å². The first-order valence-corrected chi connectivity index (χ1v) is 3.75. The smallest absolute Gasteiger partial charge is 0.219 e. The van der Waals surface area contributed by atoms with Crippen LogP contribution in [0.5, 0.6) is 0 Å². The average Bonchev–Trinajstić information content (AvgIpc) is 1.93. The van der Waals surface area contributed by atoms with Crippen LogP contribution in [0.3, 0.4) is 0 Å². The predicted octanol–water partition coefficient (Wildman–Crippen LogP) is 1.26. The van der Waals surface area contributed by atoms with E-state index in [1.54, 1.807) is 12.4 Å². The molecule has 3 nitrogen and oxygen atoms in total. The van der Waals surface area contributed by atoms with Crippen LogP contribution in [-0.4, -0.2) is 9.97 Å². The zero-order valence-electron chi connectivity index (χ0n) is 6.91. The number of aromatic nitrogens is 2. The molecule has 0 aliphatic carbocycles. The molecular weight excluding hydrogens is 138 g/mol. The van der Waals surface area contributed by atoms with Gasteiger partial charge in [-0.25, -0.2) is 9.97 Å². The van der Waals surface area contributed by atoms with Crippen LogP contribution in [0.2, 0.25) is 0 Å². The second-order valence-corrected chi connectivity index (χ2v) is 3.05. The van der Waals surface area contributed by atoms with E-state index >= 15 is 0 Å². The van der Waals surface area contributed by atoms with Crippen LogP contribution in [0.25, 0.3) is 0 Å². The Labute approximate surface area is 66.7 Å². The van der Waals surface area contributed by atoms with Crippen LogP contribution in [0.15, 0.2) is 12.4 Å². The fourth-order valence-corrected chi connectivity index (χ4v) is 0.942. The Hall–Kier alpha value is -1.12. The summed E-state index contributed by atoms with van der Waals surface area (Å²) in [6, 6.07) is 0. The van der Waals surface area contributed by atoms with Crippen LogP contribution in [0.1, 0.15) is 19.4 Å². The summed E-state index contributed by atoms with van der Waals surface area (Å²) < 4.78 is 0. The first-order valence-electron chi connectivity index (χ1n) is 3.75. The van der Waals surface area contributed by atoms with Crippen molar-refractivity contribution in [3.63, 3.8) is 0 Å². The first-order chi connectivity index (χ1) is 5.18. The highest BCUT2D eigenvalue weighted by Crippen LogP contribution is 2.05. The lowest BCUT2D eigenvalue weighted by Gasteiger charge is -2.02. The van der Waals surface area contributed by atoms with Gasteiger partial charge in [-0.05, 0) is 17.9 Å². The summed E-state index contributed by atoms with van der Waals surface area (Å²) in [7, 11) is 0. The van der Waals surface area contributed by atoms with Gasteiger partial charge in [0.1, 0.15) is 0 Å². The van der Waals surface area contributed by atoms with Crippen molar-refractivity contribution in [2.24, 2.45) is 5.92 Å². The van der Waals surface area contributed by atoms with E-state index in [-0.39, 0.29) is 0 Å². The molecule has 0 saturated heterocycles. The maximum absolute atomic E-state index is 5.34. The lowest BCUT2D eigenvalue weighted by Crippen LogP contribution is -1.99. The molecule has 11 heavy (non-hydrogen) atoms. The lowest BCUT2D eigenvalue weighted by atomic mass is 10.1. The van der Waals surface area contributed by atoms with Crippen molar-refractivity contribution in [1.29, 1.82) is 0 Å². The number of anilines is 1. The zero-order chi connectivity index (χ0) is 8.27. The Balaban J connectivity index is 2.66. The van der Waals surface area contributed by atoms with E-state index in [0.717, 1.165) is 12.0 Å². The van der Waals surface area contributed by atoms with Crippen LogP contribution in [-0.2, 0) is 6.42 Å². The Morgan fingerprint density at radius 3 is 2.36 bits per heavy atom. The van der Waals surface area contributed by atoms with Gasteiger partial charge in [-0.3, -0.25) is 0 Å². The molecule has 0 bridgehead atoms. The van der Waals surface area contributed by atoms with E-state index in [1.165, 1.54) is 0 Å². The van der Waals surface area contributed by atoms with Crippen molar-refractivity contribution >= 4 is 5.95 Å². The van der Waals surface area contributed by atoms with Crippen molar-refractivity contribution in [3.05, 3.63) is 18.0 Å². The quantitative estimate of drug-likeness (QED) is 0.692. The molecule has 0 saturated carbocycles. The average molecular weight is 151 g/mol. The molecule has 0 radical (unpaired) electrons. The molecule has 0 unspecified atom stereocenters. The molecule has 60 valence electrons. The van der Waals surface area contributed by atoms with Gasteiger partial charge in [0.05, 0.1) is 0 Å². The highest BCUT2D eigenvalue weighted by Gasteiger charge is 1.97. The normalized spacial score (nSPS) is 10.5. The standard InChI is InChI=1S/C8H13N3/c1-6(2)3-7-4-10-8(9)11-5-7/h4-6H,3H2,1-2H3,(H2,9,10,11). The molecule has 3 heteroatoms. The number of nitrogens with zero attached hydrogens (tertiary/aromatic N) is 2. The monoisotopic (exact) mass is 151 g/mol. The number of rotatable bonds is 2. The van der Waals surface area contributed by atoms with Crippen LogP contribution in [0, 0.1) is 5.92 Å². The maximum Gasteiger partial charge on any atom is 0.219 e. The maximum atomic E-state index is 5.34. The van der Waals surface area contributed by atoms with E-state index in [4.69, 9.17) is 5.73 Å². The number of hydrogen-bond donors (Lipinski definition) is 1. The van der Waals surface area contributed by atoms with Crippen molar-refractivity contribution in [3.8, 4) is 0 Å². The van der Waals surface area contributed by atoms with Crippen molar-refractivity contribution in [2.45, 2.75) is 20.3 Å². The van der Waals surface area contributed by atoms with Crippen LogP contribution >= 0.6 is 0 Å². The third-order valence-electron chi connectivity index (χ3n) is 1.37. The minimum atomic E-state index is 0.345. The second kappa shape index (κ2) is 3.32. The molecule has 1 rings (SSSR count). The van der Waals surface area contributed by atoms with E-state index in [2.05, 4.69) is 23.8 Å². The van der Waals surface area contributed by atoms with Gasteiger partial charge in [-0.1, -0.05) is 13.8 Å². The minimum Gasteiger partial charge on any atom is -0.368 e. The van der Waals surface area contributed by atoms with Gasteiger partial charge in [-0.2, -0.15) is 0 Å². The largest absolute Gasteiger partial charge is 0.368 e. The third-order valence-corrected chi connectivity index (χ3v) is 1.37. The zero-order valence-corrected chi connectivity index (χ0v) is 6.91. The second-order valence-electron chi connectivity index (χ2n) is 3.05. The van der Waals surface area contributed by atoms with Gasteiger partial charge >= 0.3 is 0 Å². The predicted molar refractivity (Wildman–Crippen MR) is 45.0 cm³/mol.